The van der Waals surface area contributed by atoms with Gasteiger partial charge in [-0.2, -0.15) is 0 Å². The molecule has 3 rings (SSSR count). The van der Waals surface area contributed by atoms with Crippen molar-refractivity contribution in [3.63, 3.8) is 0 Å². The minimum atomic E-state index is -3.72. The number of nitrogens with one attached hydrogen (secondary N) is 2. The highest BCUT2D eigenvalue weighted by Gasteiger charge is 2.22. The molecule has 120 valence electrons. The van der Waals surface area contributed by atoms with E-state index in [1.165, 1.54) is 24.5 Å². The third-order valence-corrected chi connectivity index (χ3v) is 4.94. The average Bonchev–Trinajstić information content (AvgIpc) is 3.38. The van der Waals surface area contributed by atoms with E-state index in [9.17, 15) is 13.2 Å². The van der Waals surface area contributed by atoms with Crippen molar-refractivity contribution in [3.05, 3.63) is 54.4 Å². The van der Waals surface area contributed by atoms with Crippen molar-refractivity contribution in [2.24, 2.45) is 5.92 Å². The summed E-state index contributed by atoms with van der Waals surface area (Å²) < 4.78 is 27.0. The van der Waals surface area contributed by atoms with Crippen molar-refractivity contribution in [3.8, 4) is 0 Å². The highest BCUT2D eigenvalue weighted by atomic mass is 32.2. The molecule has 23 heavy (non-hydrogen) atoms. The molecule has 0 unspecified atom stereocenters. The van der Waals surface area contributed by atoms with Gasteiger partial charge in [-0.05, 0) is 49.1 Å². The van der Waals surface area contributed by atoms with E-state index in [0.29, 0.717) is 23.7 Å². The number of aromatic nitrogens is 1. The van der Waals surface area contributed by atoms with Crippen LogP contribution in [0, 0.1) is 5.92 Å². The summed E-state index contributed by atoms with van der Waals surface area (Å²) in [6.45, 7) is 0.671. The van der Waals surface area contributed by atoms with Gasteiger partial charge in [0.05, 0.1) is 0 Å². The van der Waals surface area contributed by atoms with E-state index in [0.717, 1.165) is 12.8 Å². The van der Waals surface area contributed by atoms with Gasteiger partial charge < -0.3 is 5.32 Å². The highest BCUT2D eigenvalue weighted by Crippen LogP contribution is 2.27. The SMILES string of the molecule is O=C(NCC1CC1)c1cccc(NS(=O)(=O)c2cccnc2)c1. The van der Waals surface area contributed by atoms with Crippen molar-refractivity contribution in [2.75, 3.05) is 11.3 Å². The second kappa shape index (κ2) is 6.37. The molecule has 0 atom stereocenters. The van der Waals surface area contributed by atoms with Gasteiger partial charge in [-0.3, -0.25) is 14.5 Å². The number of amides is 1. The Kier molecular flexibility index (Phi) is 4.29. The first-order valence-corrected chi connectivity index (χ1v) is 8.84. The fourth-order valence-corrected chi connectivity index (χ4v) is 3.12. The van der Waals surface area contributed by atoms with Crippen LogP contribution in [0.2, 0.25) is 0 Å². The van der Waals surface area contributed by atoms with Gasteiger partial charge in [0.2, 0.25) is 0 Å². The van der Waals surface area contributed by atoms with E-state index >= 15 is 0 Å². The molecule has 1 saturated carbocycles. The fourth-order valence-electron chi connectivity index (χ4n) is 2.11. The van der Waals surface area contributed by atoms with Crippen LogP contribution < -0.4 is 10.0 Å². The number of hydrogen-bond donors (Lipinski definition) is 2. The molecule has 1 aromatic carbocycles. The van der Waals surface area contributed by atoms with Crippen LogP contribution in [0.1, 0.15) is 23.2 Å². The number of carbonyl (C=O) groups is 1. The minimum absolute atomic E-state index is 0.0728. The summed E-state index contributed by atoms with van der Waals surface area (Å²) in [6, 6.07) is 9.44. The number of carbonyl (C=O) groups excluding carboxylic acids is 1. The van der Waals surface area contributed by atoms with Crippen molar-refractivity contribution in [1.29, 1.82) is 0 Å². The van der Waals surface area contributed by atoms with Crippen molar-refractivity contribution < 1.29 is 13.2 Å². The number of benzene rings is 1. The summed E-state index contributed by atoms with van der Waals surface area (Å²) in [5, 5.41) is 2.86. The summed E-state index contributed by atoms with van der Waals surface area (Å²) in [5.41, 5.74) is 0.768. The maximum absolute atomic E-state index is 12.3. The number of rotatable bonds is 6. The third kappa shape index (κ3) is 4.07. The molecule has 0 radical (unpaired) electrons. The Morgan fingerprint density at radius 1 is 1.22 bits per heavy atom. The Hall–Kier alpha value is -2.41. The minimum Gasteiger partial charge on any atom is -0.352 e. The molecule has 1 aromatic heterocycles. The predicted molar refractivity (Wildman–Crippen MR) is 86.5 cm³/mol. The monoisotopic (exact) mass is 331 g/mol. The van der Waals surface area contributed by atoms with Crippen LogP contribution in [0.4, 0.5) is 5.69 Å². The molecule has 6 nitrogen and oxygen atoms in total. The summed E-state index contributed by atoms with van der Waals surface area (Å²) in [6.07, 6.45) is 5.09. The lowest BCUT2D eigenvalue weighted by Gasteiger charge is -2.09. The van der Waals surface area contributed by atoms with Gasteiger partial charge in [0.1, 0.15) is 4.90 Å². The van der Waals surface area contributed by atoms with Gasteiger partial charge >= 0.3 is 0 Å². The largest absolute Gasteiger partial charge is 0.352 e. The van der Waals surface area contributed by atoms with Gasteiger partial charge in [0, 0.05) is 30.2 Å². The zero-order valence-corrected chi connectivity index (χ0v) is 13.2. The zero-order valence-electron chi connectivity index (χ0n) is 12.4. The highest BCUT2D eigenvalue weighted by molar-refractivity contribution is 7.92. The second-order valence-electron chi connectivity index (χ2n) is 5.53. The first-order valence-electron chi connectivity index (χ1n) is 7.36. The van der Waals surface area contributed by atoms with E-state index in [-0.39, 0.29) is 10.8 Å². The van der Waals surface area contributed by atoms with Crippen molar-refractivity contribution >= 4 is 21.6 Å². The van der Waals surface area contributed by atoms with E-state index < -0.39 is 10.0 Å². The zero-order chi connectivity index (χ0) is 16.3. The normalized spacial score (nSPS) is 14.3. The Labute approximate surface area is 135 Å². The molecule has 1 fully saturated rings. The van der Waals surface area contributed by atoms with Crippen LogP contribution in [0.5, 0.6) is 0 Å². The molecule has 0 saturated heterocycles. The van der Waals surface area contributed by atoms with Crippen LogP contribution >= 0.6 is 0 Å². The van der Waals surface area contributed by atoms with Crippen LogP contribution in [-0.2, 0) is 10.0 Å². The number of pyridine rings is 1. The van der Waals surface area contributed by atoms with Crippen LogP contribution in [-0.4, -0.2) is 25.9 Å². The quantitative estimate of drug-likeness (QED) is 0.847. The fraction of sp³-hybridized carbons (Fsp3) is 0.250. The summed E-state index contributed by atoms with van der Waals surface area (Å²) in [4.78, 5) is 15.9. The van der Waals surface area contributed by atoms with Crippen LogP contribution in [0.15, 0.2) is 53.7 Å². The Bertz CT molecular complexity index is 802. The Morgan fingerprint density at radius 2 is 2.04 bits per heavy atom. The average molecular weight is 331 g/mol. The maximum Gasteiger partial charge on any atom is 0.263 e. The summed E-state index contributed by atoms with van der Waals surface area (Å²) in [5.74, 6) is 0.394. The second-order valence-corrected chi connectivity index (χ2v) is 7.21. The first kappa shape index (κ1) is 15.5. The number of hydrogen-bond acceptors (Lipinski definition) is 4. The van der Waals surface area contributed by atoms with Gasteiger partial charge in [0.15, 0.2) is 0 Å². The molecule has 0 spiro atoms. The first-order chi connectivity index (χ1) is 11.0. The van der Waals surface area contributed by atoms with Gasteiger partial charge in [-0.25, -0.2) is 8.42 Å². The molecular weight excluding hydrogens is 314 g/mol. The molecule has 1 amide bonds. The Balaban J connectivity index is 1.73. The molecule has 0 bridgehead atoms. The topological polar surface area (TPSA) is 88.2 Å². The number of anilines is 1. The molecule has 1 aliphatic rings. The Morgan fingerprint density at radius 3 is 2.74 bits per heavy atom. The summed E-state index contributed by atoms with van der Waals surface area (Å²) in [7, 11) is -3.72. The summed E-state index contributed by atoms with van der Waals surface area (Å²) >= 11 is 0. The van der Waals surface area contributed by atoms with E-state index in [1.54, 1.807) is 24.3 Å². The standard InChI is InChI=1S/C16H17N3O3S/c20-16(18-10-12-6-7-12)13-3-1-4-14(9-13)19-23(21,22)15-5-2-8-17-11-15/h1-5,8-9,11-12,19H,6-7,10H2,(H,18,20). The lowest BCUT2D eigenvalue weighted by Crippen LogP contribution is -2.25. The maximum atomic E-state index is 12.3. The number of nitrogens with zero attached hydrogens (tertiary/aromatic N) is 1. The van der Waals surface area contributed by atoms with Gasteiger partial charge in [0.25, 0.3) is 15.9 Å². The smallest absolute Gasteiger partial charge is 0.263 e. The van der Waals surface area contributed by atoms with E-state index in [1.807, 2.05) is 0 Å². The molecule has 7 heteroatoms. The van der Waals surface area contributed by atoms with Gasteiger partial charge in [-0.15, -0.1) is 0 Å². The van der Waals surface area contributed by atoms with Crippen molar-refractivity contribution in [1.82, 2.24) is 10.3 Å². The molecule has 2 N–H and O–H groups in total. The lowest BCUT2D eigenvalue weighted by molar-refractivity contribution is 0.0952. The third-order valence-electron chi connectivity index (χ3n) is 3.57. The molecule has 1 heterocycles. The van der Waals surface area contributed by atoms with E-state index in [4.69, 9.17) is 0 Å². The lowest BCUT2D eigenvalue weighted by atomic mass is 10.2. The molecule has 1 aliphatic carbocycles. The molecule has 2 aromatic rings. The van der Waals surface area contributed by atoms with Crippen molar-refractivity contribution in [2.45, 2.75) is 17.7 Å². The van der Waals surface area contributed by atoms with Crippen LogP contribution in [0.3, 0.4) is 0 Å². The molecule has 0 aliphatic heterocycles. The van der Waals surface area contributed by atoms with Gasteiger partial charge in [-0.1, -0.05) is 6.07 Å². The van der Waals surface area contributed by atoms with Crippen LogP contribution in [0.25, 0.3) is 0 Å². The molecular formula is C16H17N3O3S. The predicted octanol–water partition coefficient (Wildman–Crippen LogP) is 2.02. The van der Waals surface area contributed by atoms with E-state index in [2.05, 4.69) is 15.0 Å². The number of sulfonamides is 1.